The van der Waals surface area contributed by atoms with Crippen LogP contribution in [0.4, 0.5) is 22.0 Å². The number of rotatable bonds is 21. The lowest BCUT2D eigenvalue weighted by Gasteiger charge is -2.24. The first-order chi connectivity index (χ1) is 16.4. The van der Waals surface area contributed by atoms with E-state index in [9.17, 15) is 31.5 Å². The van der Waals surface area contributed by atoms with Crippen LogP contribution in [0, 0.1) is 5.92 Å². The molecule has 0 aromatic heterocycles. The number of ether oxygens (including phenoxy) is 1. The molecule has 9 heteroatoms. The van der Waals surface area contributed by atoms with Crippen LogP contribution < -0.4 is 5.32 Å². The number of carbonyl (C=O) groups excluding carboxylic acids is 2. The van der Waals surface area contributed by atoms with Crippen LogP contribution in [0.3, 0.4) is 0 Å². The molecule has 0 aliphatic carbocycles. The van der Waals surface area contributed by atoms with Gasteiger partial charge in [-0.1, -0.05) is 117 Å². The Balaban J connectivity index is 3.82. The molecule has 0 aliphatic heterocycles. The predicted octanol–water partition coefficient (Wildman–Crippen LogP) is 8.13. The van der Waals surface area contributed by atoms with Gasteiger partial charge in [0.1, 0.15) is 6.04 Å². The van der Waals surface area contributed by atoms with Crippen LogP contribution >= 0.6 is 0 Å². The summed E-state index contributed by atoms with van der Waals surface area (Å²) in [7, 11) is 0. The number of esters is 1. The van der Waals surface area contributed by atoms with E-state index in [0.29, 0.717) is 6.42 Å². The molecule has 0 aromatic rings. The molecule has 0 bridgehead atoms. The highest BCUT2D eigenvalue weighted by atomic mass is 19.4. The van der Waals surface area contributed by atoms with Crippen LogP contribution in [0.5, 0.6) is 0 Å². The summed E-state index contributed by atoms with van der Waals surface area (Å²) in [6.07, 6.45) is 13.1. The molecule has 1 N–H and O–H groups in total. The molecule has 35 heavy (non-hydrogen) atoms. The lowest BCUT2D eigenvalue weighted by molar-refractivity contribution is -0.270. The summed E-state index contributed by atoms with van der Waals surface area (Å²) in [5.74, 6) is -9.84. The Morgan fingerprint density at radius 1 is 0.686 bits per heavy atom. The molecule has 0 fully saturated rings. The van der Waals surface area contributed by atoms with Gasteiger partial charge in [0.05, 0.1) is 6.61 Å². The maximum atomic E-state index is 13.1. The van der Waals surface area contributed by atoms with Gasteiger partial charge in [-0.3, -0.25) is 4.79 Å². The number of nitrogens with one attached hydrogen (secondary N) is 1. The smallest absolute Gasteiger partial charge is 0.463 e. The quantitative estimate of drug-likeness (QED) is 0.0954. The highest BCUT2D eigenvalue weighted by Gasteiger charge is 2.63. The molecular formula is C26H46F5NO3. The lowest BCUT2D eigenvalue weighted by Crippen LogP contribution is -2.56. The lowest BCUT2D eigenvalue weighted by atomic mass is 10.0. The van der Waals surface area contributed by atoms with Gasteiger partial charge in [0.2, 0.25) is 0 Å². The van der Waals surface area contributed by atoms with Crippen molar-refractivity contribution in [3.05, 3.63) is 0 Å². The van der Waals surface area contributed by atoms with Gasteiger partial charge in [0.25, 0.3) is 0 Å². The van der Waals surface area contributed by atoms with Gasteiger partial charge in [0.15, 0.2) is 0 Å². The SMILES string of the molecule is CCCCCCCCCCCCCCCCCCOC(=O)C(NC(=O)C(F)(F)C(F)(F)F)C(C)C. The zero-order valence-corrected chi connectivity index (χ0v) is 21.8. The minimum atomic E-state index is -6.03. The first kappa shape index (κ1) is 33.6. The number of alkyl halides is 5. The Labute approximate surface area is 208 Å². The van der Waals surface area contributed by atoms with Gasteiger partial charge in [0, 0.05) is 0 Å². The fourth-order valence-corrected chi connectivity index (χ4v) is 3.77. The summed E-state index contributed by atoms with van der Waals surface area (Å²) < 4.78 is 68.3. The van der Waals surface area contributed by atoms with Gasteiger partial charge in [-0.15, -0.1) is 0 Å². The highest BCUT2D eigenvalue weighted by Crippen LogP contribution is 2.35. The first-order valence-corrected chi connectivity index (χ1v) is 13.4. The molecule has 208 valence electrons. The Hall–Kier alpha value is -1.41. The predicted molar refractivity (Wildman–Crippen MR) is 128 cm³/mol. The van der Waals surface area contributed by atoms with Crippen LogP contribution in [0.1, 0.15) is 124 Å². The van der Waals surface area contributed by atoms with E-state index >= 15 is 0 Å². The summed E-state index contributed by atoms with van der Waals surface area (Å²) in [5.41, 5.74) is 0. The van der Waals surface area contributed by atoms with Crippen molar-refractivity contribution in [3.63, 3.8) is 0 Å². The summed E-state index contributed by atoms with van der Waals surface area (Å²) in [5, 5.41) is 1.49. The van der Waals surface area contributed by atoms with E-state index < -0.39 is 35.9 Å². The van der Waals surface area contributed by atoms with Crippen molar-refractivity contribution in [2.45, 2.75) is 142 Å². The second-order valence-corrected chi connectivity index (χ2v) is 9.74. The molecule has 0 rings (SSSR count). The fourth-order valence-electron chi connectivity index (χ4n) is 3.77. The second kappa shape index (κ2) is 18.8. The molecule has 4 nitrogen and oxygen atoms in total. The van der Waals surface area contributed by atoms with Crippen LogP contribution in [0.25, 0.3) is 0 Å². The average Bonchev–Trinajstić information content (AvgIpc) is 2.78. The maximum absolute atomic E-state index is 13.1. The largest absolute Gasteiger partial charge is 0.464 e. The number of unbranched alkanes of at least 4 members (excludes halogenated alkanes) is 15. The van der Waals surface area contributed by atoms with Gasteiger partial charge < -0.3 is 10.1 Å². The zero-order chi connectivity index (χ0) is 26.7. The topological polar surface area (TPSA) is 55.4 Å². The third-order valence-corrected chi connectivity index (χ3v) is 6.09. The number of halogens is 5. The molecule has 0 aliphatic rings. The molecular weight excluding hydrogens is 469 g/mol. The zero-order valence-electron chi connectivity index (χ0n) is 21.8. The third kappa shape index (κ3) is 15.3. The Kier molecular flexibility index (Phi) is 18.0. The molecule has 0 spiro atoms. The Morgan fingerprint density at radius 3 is 1.40 bits per heavy atom. The molecule has 1 amide bonds. The summed E-state index contributed by atoms with van der Waals surface area (Å²) in [4.78, 5) is 23.5. The molecule has 0 radical (unpaired) electrons. The van der Waals surface area contributed by atoms with Crippen LogP contribution in [-0.4, -0.2) is 36.6 Å². The van der Waals surface area contributed by atoms with E-state index in [1.54, 1.807) is 0 Å². The molecule has 0 aromatic carbocycles. The summed E-state index contributed by atoms with van der Waals surface area (Å²) in [6, 6.07) is -1.57. The van der Waals surface area contributed by atoms with Crippen molar-refractivity contribution in [2.75, 3.05) is 6.61 Å². The van der Waals surface area contributed by atoms with Gasteiger partial charge in [-0.2, -0.15) is 22.0 Å². The summed E-state index contributed by atoms with van der Waals surface area (Å²) in [6.45, 7) is 5.11. The van der Waals surface area contributed by atoms with Gasteiger partial charge in [-0.05, 0) is 12.3 Å². The van der Waals surface area contributed by atoms with Crippen molar-refractivity contribution in [1.82, 2.24) is 5.32 Å². The molecule has 0 saturated carbocycles. The molecule has 0 saturated heterocycles. The molecule has 0 heterocycles. The molecule has 1 atom stereocenters. The van der Waals surface area contributed by atoms with Crippen LogP contribution in [0.2, 0.25) is 0 Å². The molecule has 1 unspecified atom stereocenters. The number of hydrogen-bond donors (Lipinski definition) is 1. The Bertz CT molecular complexity index is 568. The van der Waals surface area contributed by atoms with Crippen molar-refractivity contribution < 1.29 is 36.3 Å². The van der Waals surface area contributed by atoms with Crippen molar-refractivity contribution in [3.8, 4) is 0 Å². The summed E-state index contributed by atoms with van der Waals surface area (Å²) >= 11 is 0. The van der Waals surface area contributed by atoms with Crippen LogP contribution in [0.15, 0.2) is 0 Å². The van der Waals surface area contributed by atoms with E-state index in [1.165, 1.54) is 89.8 Å². The van der Waals surface area contributed by atoms with Crippen molar-refractivity contribution in [1.29, 1.82) is 0 Å². The fraction of sp³-hybridized carbons (Fsp3) is 0.923. The highest BCUT2D eigenvalue weighted by molar-refractivity contribution is 5.89. The number of hydrogen-bond acceptors (Lipinski definition) is 3. The van der Waals surface area contributed by atoms with E-state index in [2.05, 4.69) is 6.92 Å². The second-order valence-electron chi connectivity index (χ2n) is 9.74. The van der Waals surface area contributed by atoms with E-state index in [1.807, 2.05) is 0 Å². The Morgan fingerprint density at radius 2 is 1.06 bits per heavy atom. The minimum absolute atomic E-state index is 0.0338. The average molecular weight is 516 g/mol. The van der Waals surface area contributed by atoms with E-state index in [-0.39, 0.29) is 6.61 Å². The third-order valence-electron chi connectivity index (χ3n) is 6.09. The van der Waals surface area contributed by atoms with Gasteiger partial charge >= 0.3 is 24.0 Å². The van der Waals surface area contributed by atoms with E-state index in [0.717, 1.165) is 25.7 Å². The number of amides is 1. The van der Waals surface area contributed by atoms with Gasteiger partial charge in [-0.25, -0.2) is 4.79 Å². The standard InChI is InChI=1S/C26H46F5NO3/c1-4-5-6-7-8-9-10-11-12-13-14-15-16-17-18-19-20-35-23(33)22(21(2)3)32-24(34)25(27,28)26(29,30)31/h21-22H,4-20H2,1-3H3,(H,32,34). The normalized spacial score (nSPS) is 13.2. The van der Waals surface area contributed by atoms with Crippen molar-refractivity contribution >= 4 is 11.9 Å². The number of carbonyl (C=O) groups is 2. The minimum Gasteiger partial charge on any atom is -0.464 e. The maximum Gasteiger partial charge on any atom is 0.463 e. The van der Waals surface area contributed by atoms with Crippen LogP contribution in [-0.2, 0) is 14.3 Å². The van der Waals surface area contributed by atoms with Crippen molar-refractivity contribution in [2.24, 2.45) is 5.92 Å². The first-order valence-electron chi connectivity index (χ1n) is 13.4. The van der Waals surface area contributed by atoms with E-state index in [4.69, 9.17) is 4.74 Å². The monoisotopic (exact) mass is 515 g/mol.